The van der Waals surface area contributed by atoms with Gasteiger partial charge in [-0.1, -0.05) is 23.2 Å². The molecule has 2 rings (SSSR count). The van der Waals surface area contributed by atoms with Gasteiger partial charge in [-0.3, -0.25) is 0 Å². The first kappa shape index (κ1) is 17.8. The Morgan fingerprint density at radius 2 is 1.65 bits per heavy atom. The van der Waals surface area contributed by atoms with E-state index in [4.69, 9.17) is 27.9 Å². The Balaban J connectivity index is 2.53. The lowest BCUT2D eigenvalue weighted by Crippen LogP contribution is -2.09. The number of hydrogen-bond donors (Lipinski definition) is 0. The summed E-state index contributed by atoms with van der Waals surface area (Å²) >= 11 is 11.3. The van der Waals surface area contributed by atoms with Gasteiger partial charge in [-0.05, 0) is 18.2 Å². The Bertz CT molecular complexity index is 834. The number of nitrogens with zero attached hydrogens (tertiary/aromatic N) is 1. The predicted octanol–water partition coefficient (Wildman–Crippen LogP) is 4.60. The van der Waals surface area contributed by atoms with E-state index in [9.17, 15) is 21.6 Å². The molecule has 0 bridgehead atoms. The molecular weight excluding hydrogens is 378 g/mol. The van der Waals surface area contributed by atoms with Crippen LogP contribution in [0.5, 0.6) is 11.5 Å². The van der Waals surface area contributed by atoms with Crippen molar-refractivity contribution in [2.75, 3.05) is 6.26 Å². The van der Waals surface area contributed by atoms with Gasteiger partial charge in [0.15, 0.2) is 9.84 Å². The molecule has 0 amide bonds. The highest BCUT2D eigenvalue weighted by atomic mass is 35.5. The van der Waals surface area contributed by atoms with E-state index in [1.807, 2.05) is 0 Å². The van der Waals surface area contributed by atoms with Crippen molar-refractivity contribution in [2.24, 2.45) is 0 Å². The van der Waals surface area contributed by atoms with Gasteiger partial charge in [0.05, 0.1) is 10.5 Å². The second kappa shape index (κ2) is 6.18. The molecule has 0 radical (unpaired) electrons. The molecule has 4 nitrogen and oxygen atoms in total. The molecule has 0 spiro atoms. The van der Waals surface area contributed by atoms with Gasteiger partial charge in [0.2, 0.25) is 0 Å². The predicted molar refractivity (Wildman–Crippen MR) is 78.9 cm³/mol. The Hall–Kier alpha value is -1.51. The van der Waals surface area contributed by atoms with Crippen molar-refractivity contribution in [3.8, 4) is 11.5 Å². The lowest BCUT2D eigenvalue weighted by Gasteiger charge is -2.15. The fourth-order valence-corrected chi connectivity index (χ4v) is 2.77. The molecule has 10 heteroatoms. The molecule has 1 aromatic heterocycles. The van der Waals surface area contributed by atoms with Crippen LogP contribution in [0.25, 0.3) is 0 Å². The number of halogens is 5. The van der Waals surface area contributed by atoms with Crippen LogP contribution < -0.4 is 4.74 Å². The number of hydrogen-bond acceptors (Lipinski definition) is 4. The van der Waals surface area contributed by atoms with Crippen LogP contribution in [0.3, 0.4) is 0 Å². The number of benzene rings is 1. The number of alkyl halides is 3. The zero-order chi connectivity index (χ0) is 17.4. The summed E-state index contributed by atoms with van der Waals surface area (Å²) in [7, 11) is -3.80. The van der Waals surface area contributed by atoms with E-state index in [0.717, 1.165) is 18.4 Å². The first-order chi connectivity index (χ1) is 10.5. The van der Waals surface area contributed by atoms with E-state index in [-0.39, 0.29) is 16.1 Å². The lowest BCUT2D eigenvalue weighted by molar-refractivity contribution is -0.138. The largest absolute Gasteiger partial charge is 0.457 e. The molecule has 0 saturated carbocycles. The van der Waals surface area contributed by atoms with Crippen LogP contribution in [-0.2, 0) is 16.0 Å². The highest BCUT2D eigenvalue weighted by Gasteiger charge is 2.35. The minimum Gasteiger partial charge on any atom is -0.457 e. The molecule has 1 aromatic carbocycles. The van der Waals surface area contributed by atoms with Crippen LogP contribution in [0.2, 0.25) is 10.3 Å². The monoisotopic (exact) mass is 385 g/mol. The van der Waals surface area contributed by atoms with E-state index in [1.165, 1.54) is 12.1 Å². The quantitative estimate of drug-likeness (QED) is 0.724. The van der Waals surface area contributed by atoms with Gasteiger partial charge in [0.1, 0.15) is 21.8 Å². The second-order valence-electron chi connectivity index (χ2n) is 4.48. The topological polar surface area (TPSA) is 56.3 Å². The molecular formula is C13H8Cl2F3NO3S. The first-order valence-electron chi connectivity index (χ1n) is 5.89. The van der Waals surface area contributed by atoms with Gasteiger partial charge >= 0.3 is 6.18 Å². The summed E-state index contributed by atoms with van der Waals surface area (Å²) in [5.74, 6) is -0.643. The summed E-state index contributed by atoms with van der Waals surface area (Å²) in [5.41, 5.74) is -1.23. The Morgan fingerprint density at radius 1 is 1.09 bits per heavy atom. The average molecular weight is 386 g/mol. The van der Waals surface area contributed by atoms with Crippen molar-refractivity contribution < 1.29 is 26.3 Å². The minimum atomic E-state index is -4.81. The van der Waals surface area contributed by atoms with Crippen LogP contribution in [0.1, 0.15) is 5.56 Å². The van der Waals surface area contributed by atoms with E-state index in [1.54, 1.807) is 0 Å². The molecule has 0 saturated heterocycles. The summed E-state index contributed by atoms with van der Waals surface area (Å²) < 4.78 is 67.4. The number of sulfone groups is 1. The van der Waals surface area contributed by atoms with Gasteiger partial charge in [0, 0.05) is 18.4 Å². The van der Waals surface area contributed by atoms with Crippen LogP contribution in [0, 0.1) is 0 Å². The van der Waals surface area contributed by atoms with Crippen molar-refractivity contribution in [1.29, 1.82) is 0 Å². The average Bonchev–Trinajstić information content (AvgIpc) is 2.35. The maximum atomic E-state index is 13.1. The van der Waals surface area contributed by atoms with Crippen LogP contribution in [0.15, 0.2) is 35.2 Å². The van der Waals surface area contributed by atoms with Crippen molar-refractivity contribution in [1.82, 2.24) is 4.98 Å². The smallest absolute Gasteiger partial charge is 0.420 e. The number of ether oxygens (including phenoxy) is 1. The third-order valence-corrected chi connectivity index (χ3v) is 4.15. The highest BCUT2D eigenvalue weighted by molar-refractivity contribution is 7.90. The van der Waals surface area contributed by atoms with E-state index in [0.29, 0.717) is 6.07 Å². The Morgan fingerprint density at radius 3 is 2.13 bits per heavy atom. The minimum absolute atomic E-state index is 0.0613. The third kappa shape index (κ3) is 4.49. The van der Waals surface area contributed by atoms with Crippen molar-refractivity contribution in [2.45, 2.75) is 11.1 Å². The van der Waals surface area contributed by atoms with E-state index in [2.05, 4.69) is 4.98 Å². The first-order valence-corrected chi connectivity index (χ1v) is 8.54. The van der Waals surface area contributed by atoms with Gasteiger partial charge in [0.25, 0.3) is 0 Å². The van der Waals surface area contributed by atoms with Gasteiger partial charge in [-0.15, -0.1) is 0 Å². The van der Waals surface area contributed by atoms with Gasteiger partial charge in [-0.25, -0.2) is 13.4 Å². The summed E-state index contributed by atoms with van der Waals surface area (Å²) in [4.78, 5) is 3.17. The zero-order valence-corrected chi connectivity index (χ0v) is 13.7. The number of pyridine rings is 1. The van der Waals surface area contributed by atoms with Crippen LogP contribution in [0.4, 0.5) is 13.2 Å². The van der Waals surface area contributed by atoms with Crippen molar-refractivity contribution in [3.63, 3.8) is 0 Å². The van der Waals surface area contributed by atoms with Gasteiger partial charge in [-0.2, -0.15) is 13.2 Å². The summed E-state index contributed by atoms with van der Waals surface area (Å²) in [5, 5.41) is -0.123. The normalized spacial score (nSPS) is 12.3. The molecule has 23 heavy (non-hydrogen) atoms. The molecule has 124 valence electrons. The van der Waals surface area contributed by atoms with Gasteiger partial charge < -0.3 is 4.74 Å². The molecule has 0 fully saturated rings. The molecule has 0 N–H and O–H groups in total. The molecule has 0 atom stereocenters. The Kier molecular flexibility index (Phi) is 4.79. The maximum Gasteiger partial charge on any atom is 0.420 e. The summed E-state index contributed by atoms with van der Waals surface area (Å²) in [6.45, 7) is 0. The Labute approximate surface area is 139 Å². The molecule has 0 aliphatic carbocycles. The lowest BCUT2D eigenvalue weighted by atomic mass is 10.2. The molecule has 1 heterocycles. The molecule has 2 aromatic rings. The van der Waals surface area contributed by atoms with Crippen LogP contribution >= 0.6 is 23.2 Å². The van der Waals surface area contributed by atoms with Crippen molar-refractivity contribution in [3.05, 3.63) is 46.2 Å². The fourth-order valence-electron chi connectivity index (χ4n) is 1.68. The van der Waals surface area contributed by atoms with E-state index >= 15 is 0 Å². The van der Waals surface area contributed by atoms with E-state index < -0.39 is 32.2 Å². The van der Waals surface area contributed by atoms with Crippen molar-refractivity contribution >= 4 is 33.0 Å². The maximum absolute atomic E-state index is 13.1. The highest BCUT2D eigenvalue weighted by Crippen LogP contribution is 2.39. The fraction of sp³-hybridized carbons (Fsp3) is 0.154. The SMILES string of the molecule is CS(=O)(=O)c1ccc(Oc2cc(Cl)nc(Cl)c2)c(C(F)(F)F)c1. The standard InChI is InChI=1S/C13H8Cl2F3NO3S/c1-23(20,21)8-2-3-10(9(6-8)13(16,17)18)22-7-4-11(14)19-12(15)5-7/h2-6H,1H3. The second-order valence-corrected chi connectivity index (χ2v) is 7.27. The number of rotatable bonds is 3. The number of aromatic nitrogens is 1. The molecule has 0 aliphatic heterocycles. The zero-order valence-electron chi connectivity index (χ0n) is 11.4. The molecule has 0 unspecified atom stereocenters. The summed E-state index contributed by atoms with van der Waals surface area (Å²) in [6.07, 6.45) is -4.00. The summed E-state index contributed by atoms with van der Waals surface area (Å²) in [6, 6.07) is 4.80. The molecule has 0 aliphatic rings. The van der Waals surface area contributed by atoms with Crippen LogP contribution in [-0.4, -0.2) is 19.7 Å². The third-order valence-electron chi connectivity index (χ3n) is 2.65.